The van der Waals surface area contributed by atoms with Crippen LogP contribution < -0.4 is 16.5 Å². The van der Waals surface area contributed by atoms with E-state index in [1.807, 2.05) is 72.8 Å². The number of ether oxygens (including phenoxy) is 1. The van der Waals surface area contributed by atoms with E-state index in [2.05, 4.69) is 27.0 Å². The van der Waals surface area contributed by atoms with Crippen molar-refractivity contribution in [3.05, 3.63) is 102 Å². The minimum atomic E-state index is -1.02. The lowest BCUT2D eigenvalue weighted by Crippen LogP contribution is -2.55. The number of methoxy groups -OCH3 is 1. The second-order valence-corrected chi connectivity index (χ2v) is 9.10. The molecule has 0 fully saturated rings. The summed E-state index contributed by atoms with van der Waals surface area (Å²) in [5.41, 5.74) is 13.3. The number of alkyl carbamates (subject to hydrolysis) is 1. The molecule has 0 saturated carbocycles. The van der Waals surface area contributed by atoms with E-state index in [4.69, 9.17) is 5.73 Å². The molecule has 0 aliphatic heterocycles. The molecule has 2 amide bonds. The Bertz CT molecular complexity index is 1190. The number of pyridine rings is 1. The molecule has 38 heavy (non-hydrogen) atoms. The number of benzene rings is 2. The first-order valence-electron chi connectivity index (χ1n) is 12.3. The maximum Gasteiger partial charge on any atom is 0.407 e. The number of hydrazine groups is 1. The van der Waals surface area contributed by atoms with Crippen molar-refractivity contribution in [1.82, 2.24) is 20.7 Å². The van der Waals surface area contributed by atoms with Gasteiger partial charge in [0, 0.05) is 30.9 Å². The molecule has 0 bridgehead atoms. The lowest BCUT2D eigenvalue weighted by Gasteiger charge is -2.30. The van der Waals surface area contributed by atoms with Crippen molar-refractivity contribution in [2.24, 2.45) is 5.73 Å². The van der Waals surface area contributed by atoms with Crippen LogP contribution in [-0.2, 0) is 22.5 Å². The molecular weight excluding hydrogens is 482 g/mol. The highest BCUT2D eigenvalue weighted by molar-refractivity contribution is 5.88. The van der Waals surface area contributed by atoms with Crippen molar-refractivity contribution in [3.8, 4) is 11.3 Å². The van der Waals surface area contributed by atoms with Crippen molar-refractivity contribution in [3.63, 3.8) is 0 Å². The molecule has 9 heteroatoms. The Morgan fingerprint density at radius 2 is 1.74 bits per heavy atom. The van der Waals surface area contributed by atoms with Gasteiger partial charge in [0.15, 0.2) is 0 Å². The first-order chi connectivity index (χ1) is 18.3. The largest absolute Gasteiger partial charge is 0.453 e. The molecule has 2 aromatic carbocycles. The zero-order valence-electron chi connectivity index (χ0n) is 21.7. The standard InChI is InChI=1S/C29H35N5O4/c1-20(2)27(32-29(37)38-3)28(36)33-34(19-26(35)24(30)17-21-9-5-4-6-10-21)18-22-12-14-23(15-13-22)25-11-7-8-16-31-25/h4-16,24,26-27,35H,1,17-19,30H2,2-3H3,(H,32,37)(H,33,36)/t24-,26-,27+/m0/s1. The number of carbonyl (C=O) groups excluding carboxylic acids is 2. The quantitative estimate of drug-likeness (QED) is 0.215. The van der Waals surface area contributed by atoms with Gasteiger partial charge in [-0.2, -0.15) is 0 Å². The van der Waals surface area contributed by atoms with E-state index < -0.39 is 30.2 Å². The number of nitrogens with one attached hydrogen (secondary N) is 2. The summed E-state index contributed by atoms with van der Waals surface area (Å²) in [6.07, 6.45) is 0.511. The van der Waals surface area contributed by atoms with Crippen molar-refractivity contribution in [2.45, 2.75) is 38.1 Å². The number of aromatic nitrogens is 1. The summed E-state index contributed by atoms with van der Waals surface area (Å²) < 4.78 is 4.64. The van der Waals surface area contributed by atoms with Gasteiger partial charge in [-0.05, 0) is 42.2 Å². The van der Waals surface area contributed by atoms with E-state index in [0.717, 1.165) is 22.4 Å². The van der Waals surface area contributed by atoms with Crippen LogP contribution in [0.5, 0.6) is 0 Å². The summed E-state index contributed by atoms with van der Waals surface area (Å²) in [6.45, 7) is 5.78. The molecule has 3 aromatic rings. The molecule has 0 saturated heterocycles. The number of carbonyl (C=O) groups is 2. The lowest BCUT2D eigenvalue weighted by molar-refractivity contribution is -0.128. The maximum atomic E-state index is 13.1. The fourth-order valence-electron chi connectivity index (χ4n) is 3.88. The topological polar surface area (TPSA) is 130 Å². The molecule has 200 valence electrons. The van der Waals surface area contributed by atoms with Gasteiger partial charge in [-0.25, -0.2) is 9.80 Å². The summed E-state index contributed by atoms with van der Waals surface area (Å²) in [4.78, 5) is 29.3. The molecule has 0 aliphatic rings. The van der Waals surface area contributed by atoms with E-state index in [9.17, 15) is 14.7 Å². The zero-order valence-corrected chi connectivity index (χ0v) is 21.7. The van der Waals surface area contributed by atoms with Crippen LogP contribution in [0.4, 0.5) is 4.79 Å². The Morgan fingerprint density at radius 1 is 1.05 bits per heavy atom. The van der Waals surface area contributed by atoms with Crippen LogP contribution in [0.1, 0.15) is 18.1 Å². The highest BCUT2D eigenvalue weighted by Gasteiger charge is 2.26. The van der Waals surface area contributed by atoms with E-state index >= 15 is 0 Å². The van der Waals surface area contributed by atoms with E-state index in [0.29, 0.717) is 12.0 Å². The number of hydrogen-bond acceptors (Lipinski definition) is 7. The third-order valence-electron chi connectivity index (χ3n) is 5.97. The molecule has 0 radical (unpaired) electrons. The minimum Gasteiger partial charge on any atom is -0.453 e. The molecule has 0 spiro atoms. The van der Waals surface area contributed by atoms with Crippen LogP contribution in [0.15, 0.2) is 91.1 Å². The molecule has 1 heterocycles. The van der Waals surface area contributed by atoms with E-state index in [1.165, 1.54) is 7.11 Å². The fraction of sp³-hybridized carbons (Fsp3) is 0.276. The van der Waals surface area contributed by atoms with Gasteiger partial charge < -0.3 is 20.9 Å². The zero-order chi connectivity index (χ0) is 27.5. The molecule has 0 unspecified atom stereocenters. The van der Waals surface area contributed by atoms with Gasteiger partial charge in [-0.1, -0.05) is 67.2 Å². The van der Waals surface area contributed by atoms with E-state index in [1.54, 1.807) is 18.1 Å². The first kappa shape index (κ1) is 28.5. The first-order valence-corrected chi connectivity index (χ1v) is 12.3. The molecular formula is C29H35N5O4. The van der Waals surface area contributed by atoms with Crippen LogP contribution in [0.3, 0.4) is 0 Å². The number of rotatable bonds is 12. The predicted molar refractivity (Wildman–Crippen MR) is 146 cm³/mol. The van der Waals surface area contributed by atoms with Crippen LogP contribution in [0.2, 0.25) is 0 Å². The molecule has 5 N–H and O–H groups in total. The van der Waals surface area contributed by atoms with Gasteiger partial charge in [0.25, 0.3) is 5.91 Å². The SMILES string of the molecule is C=C(C)[C@@H](NC(=O)OC)C(=O)NN(Cc1ccc(-c2ccccn2)cc1)C[C@H](O)[C@@H](N)Cc1ccccc1. The van der Waals surface area contributed by atoms with Crippen molar-refractivity contribution in [1.29, 1.82) is 0 Å². The van der Waals surface area contributed by atoms with Crippen molar-refractivity contribution >= 4 is 12.0 Å². The second-order valence-electron chi connectivity index (χ2n) is 9.10. The van der Waals surface area contributed by atoms with Gasteiger partial charge in [0.1, 0.15) is 6.04 Å². The Hall–Kier alpha value is -4.05. The monoisotopic (exact) mass is 517 g/mol. The van der Waals surface area contributed by atoms with Crippen LogP contribution in [-0.4, -0.2) is 58.9 Å². The number of nitrogens with zero attached hydrogens (tertiary/aromatic N) is 2. The fourth-order valence-corrected chi connectivity index (χ4v) is 3.88. The summed E-state index contributed by atoms with van der Waals surface area (Å²) in [5, 5.41) is 15.0. The number of amides is 2. The highest BCUT2D eigenvalue weighted by atomic mass is 16.5. The number of aliphatic hydroxyl groups excluding tert-OH is 1. The van der Waals surface area contributed by atoms with E-state index in [-0.39, 0.29) is 13.1 Å². The van der Waals surface area contributed by atoms with Crippen LogP contribution in [0, 0.1) is 0 Å². The van der Waals surface area contributed by atoms with Gasteiger partial charge in [-0.15, -0.1) is 0 Å². The summed E-state index contributed by atoms with van der Waals surface area (Å²) >= 11 is 0. The van der Waals surface area contributed by atoms with Crippen molar-refractivity contribution < 1.29 is 19.4 Å². The predicted octanol–water partition coefficient (Wildman–Crippen LogP) is 2.81. The Morgan fingerprint density at radius 3 is 2.34 bits per heavy atom. The third-order valence-corrected chi connectivity index (χ3v) is 5.97. The number of aliphatic hydroxyl groups is 1. The Kier molecular flexibility index (Phi) is 10.5. The molecule has 0 aliphatic carbocycles. The average molecular weight is 518 g/mol. The Labute approximate surface area is 223 Å². The molecule has 9 nitrogen and oxygen atoms in total. The number of hydrogen-bond donors (Lipinski definition) is 4. The maximum absolute atomic E-state index is 13.1. The number of nitrogens with two attached hydrogens (primary N) is 1. The minimum absolute atomic E-state index is 0.0584. The van der Waals surface area contributed by atoms with Gasteiger partial charge in [-0.3, -0.25) is 15.2 Å². The van der Waals surface area contributed by atoms with Crippen molar-refractivity contribution in [2.75, 3.05) is 13.7 Å². The second kappa shape index (κ2) is 14.0. The van der Waals surface area contributed by atoms with Gasteiger partial charge in [0.05, 0.1) is 18.9 Å². The van der Waals surface area contributed by atoms with Gasteiger partial charge in [0.2, 0.25) is 0 Å². The van der Waals surface area contributed by atoms with Crippen LogP contribution in [0.25, 0.3) is 11.3 Å². The molecule has 1 aromatic heterocycles. The van der Waals surface area contributed by atoms with Gasteiger partial charge >= 0.3 is 6.09 Å². The third kappa shape index (κ3) is 8.52. The molecule has 3 rings (SSSR count). The lowest BCUT2D eigenvalue weighted by atomic mass is 10.0. The molecule has 3 atom stereocenters. The summed E-state index contributed by atoms with van der Waals surface area (Å²) in [5.74, 6) is -0.517. The smallest absolute Gasteiger partial charge is 0.407 e. The summed E-state index contributed by atoms with van der Waals surface area (Å²) in [6, 6.07) is 21.5. The summed E-state index contributed by atoms with van der Waals surface area (Å²) in [7, 11) is 1.22. The highest BCUT2D eigenvalue weighted by Crippen LogP contribution is 2.18. The van der Waals surface area contributed by atoms with Crippen LogP contribution >= 0.6 is 0 Å². The Balaban J connectivity index is 1.76. The average Bonchev–Trinajstić information content (AvgIpc) is 2.92. The normalized spacial score (nSPS) is 13.3.